The van der Waals surface area contributed by atoms with Crippen LogP contribution in [0.3, 0.4) is 0 Å². The number of rotatable bonds is 3. The molecule has 1 aromatic rings. The summed E-state index contributed by atoms with van der Waals surface area (Å²) in [4.78, 5) is 11.4. The minimum atomic E-state index is -0.427. The zero-order valence-electron chi connectivity index (χ0n) is 8.01. The van der Waals surface area contributed by atoms with Crippen molar-refractivity contribution >= 4 is 5.91 Å². The molecule has 1 rings (SSSR count). The Labute approximate surface area is 82.1 Å². The summed E-state index contributed by atoms with van der Waals surface area (Å²) in [5.74, 6) is -0.712. The molecule has 76 valence electrons. The summed E-state index contributed by atoms with van der Waals surface area (Å²) in [6, 6.07) is 4.03. The lowest BCUT2D eigenvalue weighted by Gasteiger charge is -2.07. The van der Waals surface area contributed by atoms with E-state index in [1.54, 1.807) is 6.92 Å². The van der Waals surface area contributed by atoms with E-state index in [9.17, 15) is 9.18 Å². The molecule has 0 fully saturated rings. The Kier molecular flexibility index (Phi) is 3.59. The van der Waals surface area contributed by atoms with Crippen molar-refractivity contribution in [1.82, 2.24) is 5.32 Å². The largest absolute Gasteiger partial charge is 0.352 e. The molecule has 0 saturated carbocycles. The molecule has 1 amide bonds. The first-order valence-electron chi connectivity index (χ1n) is 4.45. The highest BCUT2D eigenvalue weighted by molar-refractivity contribution is 5.95. The van der Waals surface area contributed by atoms with Crippen LogP contribution in [0.15, 0.2) is 18.2 Å². The lowest BCUT2D eigenvalue weighted by atomic mass is 10.1. The average Bonchev–Trinajstić information content (AvgIpc) is 2.18. The van der Waals surface area contributed by atoms with Gasteiger partial charge in [-0.3, -0.25) is 4.79 Å². The van der Waals surface area contributed by atoms with Crippen molar-refractivity contribution in [1.29, 1.82) is 0 Å². The Morgan fingerprint density at radius 1 is 1.57 bits per heavy atom. The average molecular weight is 196 g/mol. The van der Waals surface area contributed by atoms with E-state index in [0.29, 0.717) is 17.7 Å². The van der Waals surface area contributed by atoms with Gasteiger partial charge in [0.25, 0.3) is 5.91 Å². The van der Waals surface area contributed by atoms with Crippen LogP contribution in [0.25, 0.3) is 0 Å². The maximum absolute atomic E-state index is 12.9. The standard InChI is InChI=1S/C10H13FN2O/c1-2-13-10(14)9-5-8(11)4-3-7(9)6-12/h3-5H,2,6,12H2,1H3,(H,13,14). The first-order valence-corrected chi connectivity index (χ1v) is 4.45. The molecule has 1 aromatic carbocycles. The Morgan fingerprint density at radius 3 is 2.86 bits per heavy atom. The molecule has 14 heavy (non-hydrogen) atoms. The summed E-state index contributed by atoms with van der Waals surface area (Å²) in [6.45, 7) is 2.55. The van der Waals surface area contributed by atoms with Crippen molar-refractivity contribution in [2.75, 3.05) is 6.54 Å². The smallest absolute Gasteiger partial charge is 0.251 e. The summed E-state index contributed by atoms with van der Waals surface area (Å²) in [5.41, 5.74) is 6.40. The second-order valence-corrected chi connectivity index (χ2v) is 2.87. The van der Waals surface area contributed by atoms with E-state index in [0.717, 1.165) is 0 Å². The summed E-state index contributed by atoms with van der Waals surface area (Å²) in [7, 11) is 0. The molecular formula is C10H13FN2O. The SMILES string of the molecule is CCNC(=O)c1cc(F)ccc1CN. The maximum Gasteiger partial charge on any atom is 0.251 e. The quantitative estimate of drug-likeness (QED) is 0.758. The molecule has 3 N–H and O–H groups in total. The molecule has 3 nitrogen and oxygen atoms in total. The van der Waals surface area contributed by atoms with Crippen molar-refractivity contribution in [3.8, 4) is 0 Å². The Morgan fingerprint density at radius 2 is 2.29 bits per heavy atom. The highest BCUT2D eigenvalue weighted by Gasteiger charge is 2.10. The summed E-state index contributed by atoms with van der Waals surface area (Å²) in [5, 5.41) is 2.60. The minimum absolute atomic E-state index is 0.229. The van der Waals surface area contributed by atoms with E-state index in [2.05, 4.69) is 5.32 Å². The van der Waals surface area contributed by atoms with Crippen molar-refractivity contribution in [3.63, 3.8) is 0 Å². The van der Waals surface area contributed by atoms with Crippen LogP contribution in [-0.2, 0) is 6.54 Å². The lowest BCUT2D eigenvalue weighted by Crippen LogP contribution is -2.24. The van der Waals surface area contributed by atoms with Gasteiger partial charge < -0.3 is 11.1 Å². The summed E-state index contributed by atoms with van der Waals surface area (Å²) < 4.78 is 12.9. The number of carbonyl (C=O) groups excluding carboxylic acids is 1. The third-order valence-electron chi connectivity index (χ3n) is 1.87. The van der Waals surface area contributed by atoms with Crippen molar-refractivity contribution in [2.24, 2.45) is 5.73 Å². The zero-order valence-corrected chi connectivity index (χ0v) is 8.01. The van der Waals surface area contributed by atoms with Gasteiger partial charge in [0.05, 0.1) is 0 Å². The fourth-order valence-corrected chi connectivity index (χ4v) is 1.19. The number of hydrogen-bond donors (Lipinski definition) is 2. The van der Waals surface area contributed by atoms with Crippen molar-refractivity contribution in [2.45, 2.75) is 13.5 Å². The van der Waals surface area contributed by atoms with E-state index in [1.165, 1.54) is 18.2 Å². The van der Waals surface area contributed by atoms with Gasteiger partial charge >= 0.3 is 0 Å². The number of nitrogens with one attached hydrogen (secondary N) is 1. The Balaban J connectivity index is 3.03. The first kappa shape index (κ1) is 10.7. The van der Waals surface area contributed by atoms with Gasteiger partial charge in [-0.2, -0.15) is 0 Å². The molecule has 0 spiro atoms. The monoisotopic (exact) mass is 196 g/mol. The number of benzene rings is 1. The molecule has 0 saturated heterocycles. The van der Waals surface area contributed by atoms with E-state index in [-0.39, 0.29) is 12.5 Å². The second-order valence-electron chi connectivity index (χ2n) is 2.87. The zero-order chi connectivity index (χ0) is 10.6. The van der Waals surface area contributed by atoms with Gasteiger partial charge in [0.1, 0.15) is 5.82 Å². The van der Waals surface area contributed by atoms with Crippen LogP contribution in [0, 0.1) is 5.82 Å². The van der Waals surface area contributed by atoms with E-state index < -0.39 is 5.82 Å². The highest BCUT2D eigenvalue weighted by Crippen LogP contribution is 2.10. The summed E-state index contributed by atoms with van der Waals surface area (Å²) >= 11 is 0. The van der Waals surface area contributed by atoms with Crippen LogP contribution in [0.2, 0.25) is 0 Å². The van der Waals surface area contributed by atoms with Crippen LogP contribution < -0.4 is 11.1 Å². The van der Waals surface area contributed by atoms with Crippen LogP contribution in [-0.4, -0.2) is 12.5 Å². The Hall–Kier alpha value is -1.42. The second kappa shape index (κ2) is 4.72. The molecule has 0 aromatic heterocycles. The van der Waals surface area contributed by atoms with Gasteiger partial charge in [-0.05, 0) is 24.6 Å². The fraction of sp³-hybridized carbons (Fsp3) is 0.300. The highest BCUT2D eigenvalue weighted by atomic mass is 19.1. The lowest BCUT2D eigenvalue weighted by molar-refractivity contribution is 0.0954. The van der Waals surface area contributed by atoms with Gasteiger partial charge in [-0.1, -0.05) is 6.07 Å². The fourth-order valence-electron chi connectivity index (χ4n) is 1.19. The Bertz CT molecular complexity index is 339. The van der Waals surface area contributed by atoms with Gasteiger partial charge in [-0.15, -0.1) is 0 Å². The van der Waals surface area contributed by atoms with E-state index in [4.69, 9.17) is 5.73 Å². The van der Waals surface area contributed by atoms with Gasteiger partial charge in [-0.25, -0.2) is 4.39 Å². The van der Waals surface area contributed by atoms with Crippen molar-refractivity contribution < 1.29 is 9.18 Å². The van der Waals surface area contributed by atoms with Gasteiger partial charge in [0, 0.05) is 18.7 Å². The van der Waals surface area contributed by atoms with Gasteiger partial charge in [0.2, 0.25) is 0 Å². The number of nitrogens with two attached hydrogens (primary N) is 1. The number of carbonyl (C=O) groups is 1. The normalized spacial score (nSPS) is 9.93. The molecule has 0 aliphatic carbocycles. The molecule has 0 aliphatic rings. The molecule has 0 radical (unpaired) electrons. The topological polar surface area (TPSA) is 55.1 Å². The molecule has 0 unspecified atom stereocenters. The number of hydrogen-bond acceptors (Lipinski definition) is 2. The van der Waals surface area contributed by atoms with Crippen LogP contribution in [0.5, 0.6) is 0 Å². The predicted molar refractivity (Wildman–Crippen MR) is 52.3 cm³/mol. The number of amides is 1. The molecule has 0 atom stereocenters. The van der Waals surface area contributed by atoms with Crippen LogP contribution >= 0.6 is 0 Å². The minimum Gasteiger partial charge on any atom is -0.352 e. The van der Waals surface area contributed by atoms with Gasteiger partial charge in [0.15, 0.2) is 0 Å². The van der Waals surface area contributed by atoms with E-state index >= 15 is 0 Å². The molecule has 0 heterocycles. The molecule has 4 heteroatoms. The van der Waals surface area contributed by atoms with Crippen LogP contribution in [0.1, 0.15) is 22.8 Å². The third kappa shape index (κ3) is 2.29. The van der Waals surface area contributed by atoms with E-state index in [1.807, 2.05) is 0 Å². The first-order chi connectivity index (χ1) is 6.69. The maximum atomic E-state index is 12.9. The van der Waals surface area contributed by atoms with Crippen LogP contribution in [0.4, 0.5) is 4.39 Å². The number of halogens is 1. The third-order valence-corrected chi connectivity index (χ3v) is 1.87. The molecule has 0 bridgehead atoms. The predicted octanol–water partition coefficient (Wildman–Crippen LogP) is 1.03. The molecular weight excluding hydrogens is 183 g/mol. The summed E-state index contributed by atoms with van der Waals surface area (Å²) in [6.07, 6.45) is 0. The molecule has 0 aliphatic heterocycles. The van der Waals surface area contributed by atoms with Crippen molar-refractivity contribution in [3.05, 3.63) is 35.1 Å².